The molecule has 0 saturated heterocycles. The van der Waals surface area contributed by atoms with E-state index in [2.05, 4.69) is 30.9 Å². The molecule has 2 aromatic rings. The number of guanidine groups is 1. The first-order chi connectivity index (χ1) is 20.3. The number of aliphatic imine (C=N–C) groups is 1. The maximum atomic E-state index is 13.5. The van der Waals surface area contributed by atoms with E-state index in [0.29, 0.717) is 17.7 Å². The molecule has 4 unspecified atom stereocenters. The number of phenols is 1. The molecular formula is C26H38N10O7. The lowest BCUT2D eigenvalue weighted by atomic mass is 10.0. The van der Waals surface area contributed by atoms with E-state index >= 15 is 0 Å². The number of H-pyrrole nitrogens is 1. The predicted octanol–water partition coefficient (Wildman–Crippen LogP) is -2.91. The van der Waals surface area contributed by atoms with Crippen molar-refractivity contribution >= 4 is 35.6 Å². The minimum Gasteiger partial charge on any atom is -0.508 e. The quantitative estimate of drug-likeness (QED) is 0.0468. The molecule has 17 nitrogen and oxygen atoms in total. The fourth-order valence-corrected chi connectivity index (χ4v) is 3.92. The molecule has 0 aliphatic heterocycles. The molecule has 43 heavy (non-hydrogen) atoms. The third-order valence-corrected chi connectivity index (χ3v) is 6.22. The highest BCUT2D eigenvalue weighted by molar-refractivity contribution is 5.94. The molecule has 0 saturated carbocycles. The van der Waals surface area contributed by atoms with Crippen molar-refractivity contribution in [2.45, 2.75) is 62.7 Å². The number of aromatic hydroxyl groups is 1. The number of rotatable bonds is 18. The van der Waals surface area contributed by atoms with Crippen molar-refractivity contribution in [3.05, 3.63) is 48.0 Å². The smallest absolute Gasteiger partial charge is 0.326 e. The normalized spacial score (nSPS) is 13.5. The lowest BCUT2D eigenvalue weighted by Crippen LogP contribution is -2.58. The number of primary amides is 1. The van der Waals surface area contributed by atoms with Gasteiger partial charge in [0.05, 0.1) is 12.4 Å². The Hall–Kier alpha value is -5.19. The van der Waals surface area contributed by atoms with Crippen LogP contribution in [0.3, 0.4) is 0 Å². The fraction of sp³-hybridized carbons (Fsp3) is 0.423. The van der Waals surface area contributed by atoms with Crippen LogP contribution in [0.5, 0.6) is 5.75 Å². The van der Waals surface area contributed by atoms with Gasteiger partial charge < -0.3 is 54.1 Å². The number of aliphatic carboxylic acids is 1. The molecule has 1 heterocycles. The Morgan fingerprint density at radius 1 is 0.884 bits per heavy atom. The minimum atomic E-state index is -1.45. The van der Waals surface area contributed by atoms with Gasteiger partial charge in [0.1, 0.15) is 23.9 Å². The predicted molar refractivity (Wildman–Crippen MR) is 154 cm³/mol. The number of amides is 4. The monoisotopic (exact) mass is 602 g/mol. The summed E-state index contributed by atoms with van der Waals surface area (Å²) in [7, 11) is 0. The molecule has 17 heteroatoms. The average Bonchev–Trinajstić information content (AvgIpc) is 3.46. The summed E-state index contributed by atoms with van der Waals surface area (Å²) in [5.74, 6) is -4.51. The van der Waals surface area contributed by atoms with Gasteiger partial charge in [0.15, 0.2) is 5.96 Å². The van der Waals surface area contributed by atoms with Crippen molar-refractivity contribution < 1.29 is 34.2 Å². The van der Waals surface area contributed by atoms with Gasteiger partial charge in [-0.15, -0.1) is 0 Å². The second kappa shape index (κ2) is 16.9. The molecule has 0 aliphatic rings. The van der Waals surface area contributed by atoms with Crippen LogP contribution in [0.2, 0.25) is 0 Å². The van der Waals surface area contributed by atoms with Crippen molar-refractivity contribution in [3.63, 3.8) is 0 Å². The van der Waals surface area contributed by atoms with Crippen LogP contribution in [0, 0.1) is 0 Å². The zero-order valence-corrected chi connectivity index (χ0v) is 23.4. The summed E-state index contributed by atoms with van der Waals surface area (Å²) in [6.07, 6.45) is 2.70. The van der Waals surface area contributed by atoms with Crippen LogP contribution in [-0.4, -0.2) is 86.5 Å². The van der Waals surface area contributed by atoms with Crippen molar-refractivity contribution in [3.8, 4) is 5.75 Å². The lowest BCUT2D eigenvalue weighted by molar-refractivity contribution is -0.142. The molecule has 1 aromatic heterocycles. The van der Waals surface area contributed by atoms with E-state index in [1.54, 1.807) is 12.1 Å². The molecular weight excluding hydrogens is 564 g/mol. The molecule has 2 rings (SSSR count). The number of nitrogens with two attached hydrogens (primary N) is 4. The van der Waals surface area contributed by atoms with Crippen LogP contribution in [0.4, 0.5) is 0 Å². The molecule has 14 N–H and O–H groups in total. The van der Waals surface area contributed by atoms with Crippen LogP contribution in [0.25, 0.3) is 0 Å². The first kappa shape index (κ1) is 34.0. The molecule has 0 bridgehead atoms. The number of benzene rings is 1. The number of carbonyl (C=O) groups is 5. The van der Waals surface area contributed by atoms with E-state index in [4.69, 9.17) is 22.9 Å². The number of nitrogens with zero attached hydrogens (tertiary/aromatic N) is 2. The topological polar surface area (TPSA) is 307 Å². The Balaban J connectivity index is 2.24. The fourth-order valence-electron chi connectivity index (χ4n) is 3.92. The summed E-state index contributed by atoms with van der Waals surface area (Å²) < 4.78 is 0. The molecule has 1 aromatic carbocycles. The summed E-state index contributed by atoms with van der Waals surface area (Å²) >= 11 is 0. The zero-order chi connectivity index (χ0) is 31.9. The van der Waals surface area contributed by atoms with E-state index < -0.39 is 53.8 Å². The van der Waals surface area contributed by atoms with Gasteiger partial charge in [-0.1, -0.05) is 12.1 Å². The second-order valence-electron chi connectivity index (χ2n) is 9.73. The first-order valence-corrected chi connectivity index (χ1v) is 13.3. The number of imidazole rings is 1. The molecule has 234 valence electrons. The SMILES string of the molecule is NC(=O)CCC(NC(=O)C(Cc1cnc[nH]1)NC(=O)C(Cc1ccc(O)cc1)NC(=O)C(N)CCCN=C(N)N)C(=O)O. The van der Waals surface area contributed by atoms with Crippen molar-refractivity contribution in [1.29, 1.82) is 0 Å². The van der Waals surface area contributed by atoms with Crippen LogP contribution in [-0.2, 0) is 36.8 Å². The zero-order valence-electron chi connectivity index (χ0n) is 23.4. The maximum absolute atomic E-state index is 13.5. The summed E-state index contributed by atoms with van der Waals surface area (Å²) in [6, 6.07) is 0.950. The Bertz CT molecular complexity index is 1260. The third kappa shape index (κ3) is 12.5. The van der Waals surface area contributed by atoms with E-state index in [0.717, 1.165) is 0 Å². The van der Waals surface area contributed by atoms with Crippen LogP contribution >= 0.6 is 0 Å². The van der Waals surface area contributed by atoms with Crippen molar-refractivity contribution in [2.24, 2.45) is 27.9 Å². The minimum absolute atomic E-state index is 0.00260. The summed E-state index contributed by atoms with van der Waals surface area (Å²) in [5, 5.41) is 26.6. The van der Waals surface area contributed by atoms with Crippen molar-refractivity contribution in [1.82, 2.24) is 25.9 Å². The third-order valence-electron chi connectivity index (χ3n) is 6.22. The molecule has 0 fully saturated rings. The van der Waals surface area contributed by atoms with E-state index in [1.165, 1.54) is 24.7 Å². The van der Waals surface area contributed by atoms with Gasteiger partial charge in [-0.3, -0.25) is 24.2 Å². The van der Waals surface area contributed by atoms with Crippen molar-refractivity contribution in [2.75, 3.05) is 6.54 Å². The second-order valence-corrected chi connectivity index (χ2v) is 9.73. The summed E-state index contributed by atoms with van der Waals surface area (Å²) in [6.45, 7) is 0.252. The van der Waals surface area contributed by atoms with Gasteiger partial charge in [0, 0.05) is 37.7 Å². The number of carboxylic acid groups (broad SMARTS) is 1. The lowest BCUT2D eigenvalue weighted by Gasteiger charge is -2.25. The van der Waals surface area contributed by atoms with Gasteiger partial charge in [-0.2, -0.15) is 0 Å². The van der Waals surface area contributed by atoms with Crippen LogP contribution < -0.4 is 38.9 Å². The number of aromatic nitrogens is 2. The number of nitrogens with one attached hydrogen (secondary N) is 4. The Morgan fingerprint density at radius 2 is 1.49 bits per heavy atom. The number of hydrogen-bond donors (Lipinski definition) is 10. The highest BCUT2D eigenvalue weighted by atomic mass is 16.4. The molecule has 0 spiro atoms. The summed E-state index contributed by atoms with van der Waals surface area (Å²) in [4.78, 5) is 73.0. The van der Waals surface area contributed by atoms with E-state index in [9.17, 15) is 34.2 Å². The maximum Gasteiger partial charge on any atom is 0.326 e. The number of carboxylic acids is 1. The summed E-state index contributed by atoms with van der Waals surface area (Å²) in [5.41, 5.74) is 22.8. The Kier molecular flexibility index (Phi) is 13.4. The van der Waals surface area contributed by atoms with Gasteiger partial charge in [0.2, 0.25) is 23.6 Å². The largest absolute Gasteiger partial charge is 0.508 e. The van der Waals surface area contributed by atoms with E-state index in [-0.39, 0.29) is 50.4 Å². The van der Waals surface area contributed by atoms with Crippen LogP contribution in [0.15, 0.2) is 41.8 Å². The van der Waals surface area contributed by atoms with E-state index in [1.807, 2.05) is 0 Å². The molecule has 4 amide bonds. The molecule has 0 radical (unpaired) electrons. The van der Waals surface area contributed by atoms with Crippen LogP contribution in [0.1, 0.15) is 36.9 Å². The van der Waals surface area contributed by atoms with Gasteiger partial charge in [0.25, 0.3) is 0 Å². The highest BCUT2D eigenvalue weighted by Gasteiger charge is 2.31. The highest BCUT2D eigenvalue weighted by Crippen LogP contribution is 2.12. The molecule has 0 aliphatic carbocycles. The Labute approximate surface area is 246 Å². The number of aromatic amines is 1. The number of phenolic OH excluding ortho intramolecular Hbond substituents is 1. The Morgan fingerprint density at radius 3 is 2.05 bits per heavy atom. The van der Waals surface area contributed by atoms with Gasteiger partial charge in [-0.05, 0) is 37.0 Å². The van der Waals surface area contributed by atoms with Gasteiger partial charge >= 0.3 is 5.97 Å². The molecule has 4 atom stereocenters. The first-order valence-electron chi connectivity index (χ1n) is 13.3. The van der Waals surface area contributed by atoms with Gasteiger partial charge in [-0.25, -0.2) is 9.78 Å². The average molecular weight is 603 g/mol. The standard InChI is InChI=1S/C26H38N10O7/c27-17(2-1-9-32-26(29)30)22(39)35-19(10-14-3-5-16(37)6-4-14)23(40)36-20(11-15-12-31-13-33-15)24(41)34-18(25(42)43)7-8-21(28)38/h3-6,12-13,17-20,37H,1-2,7-11,27H2,(H2,28,38)(H,31,33)(H,34,41)(H,35,39)(H,36,40)(H,42,43)(H4,29,30,32). The number of carbonyl (C=O) groups excluding carboxylic acids is 4. The number of hydrogen-bond acceptors (Lipinski definition) is 9.